The van der Waals surface area contributed by atoms with Crippen LogP contribution >= 0.6 is 23.2 Å². The van der Waals surface area contributed by atoms with E-state index in [9.17, 15) is 4.79 Å². The summed E-state index contributed by atoms with van der Waals surface area (Å²) in [5.74, 6) is -0.544. The van der Waals surface area contributed by atoms with Crippen LogP contribution in [-0.4, -0.2) is 11.1 Å². The number of ether oxygens (including phenoxy) is 1. The molecule has 0 aromatic heterocycles. The van der Waals surface area contributed by atoms with Gasteiger partial charge in [-0.1, -0.05) is 29.3 Å². The molecule has 98 valence electrons. The summed E-state index contributed by atoms with van der Waals surface area (Å²) in [6, 6.07) is 9.58. The van der Waals surface area contributed by atoms with Crippen molar-refractivity contribution in [3.05, 3.63) is 57.6 Å². The van der Waals surface area contributed by atoms with Crippen LogP contribution in [0, 0.1) is 6.92 Å². The third-order valence-electron chi connectivity index (χ3n) is 2.48. The van der Waals surface area contributed by atoms with E-state index in [1.807, 2.05) is 13.0 Å². The molecule has 2 aromatic rings. The molecular weight excluding hydrogens is 287 g/mol. The van der Waals surface area contributed by atoms with Crippen LogP contribution in [-0.2, 0) is 0 Å². The number of hydrogen-bond donors (Lipinski definition) is 1. The van der Waals surface area contributed by atoms with Crippen molar-refractivity contribution in [2.45, 2.75) is 6.92 Å². The van der Waals surface area contributed by atoms with Gasteiger partial charge in [0.05, 0.1) is 5.02 Å². The summed E-state index contributed by atoms with van der Waals surface area (Å²) in [5.41, 5.74) is 1.02. The fraction of sp³-hybridized carbons (Fsp3) is 0.0714. The molecule has 0 amide bonds. The van der Waals surface area contributed by atoms with Crippen LogP contribution < -0.4 is 4.74 Å². The van der Waals surface area contributed by atoms with Crippen molar-refractivity contribution in [1.29, 1.82) is 0 Å². The zero-order valence-corrected chi connectivity index (χ0v) is 11.5. The molecule has 3 nitrogen and oxygen atoms in total. The SMILES string of the molecule is Cc1ccc(Oc2cc(Cl)ccc2C(=O)O)c(Cl)c1. The summed E-state index contributed by atoms with van der Waals surface area (Å²) < 4.78 is 5.54. The Balaban J connectivity index is 2.42. The molecule has 19 heavy (non-hydrogen) atoms. The molecule has 0 aliphatic heterocycles. The molecule has 0 unspecified atom stereocenters. The van der Waals surface area contributed by atoms with Gasteiger partial charge in [0.2, 0.25) is 0 Å². The number of benzene rings is 2. The lowest BCUT2D eigenvalue weighted by Crippen LogP contribution is -2.00. The van der Waals surface area contributed by atoms with E-state index in [-0.39, 0.29) is 11.3 Å². The van der Waals surface area contributed by atoms with Crippen molar-refractivity contribution in [2.75, 3.05) is 0 Å². The molecule has 0 saturated carbocycles. The van der Waals surface area contributed by atoms with Crippen molar-refractivity contribution >= 4 is 29.2 Å². The highest BCUT2D eigenvalue weighted by atomic mass is 35.5. The van der Waals surface area contributed by atoms with Crippen molar-refractivity contribution in [1.82, 2.24) is 0 Å². The minimum Gasteiger partial charge on any atom is -0.478 e. The quantitative estimate of drug-likeness (QED) is 0.885. The van der Waals surface area contributed by atoms with Crippen LogP contribution in [0.1, 0.15) is 15.9 Å². The van der Waals surface area contributed by atoms with E-state index >= 15 is 0 Å². The monoisotopic (exact) mass is 296 g/mol. The van der Waals surface area contributed by atoms with Gasteiger partial charge in [-0.25, -0.2) is 4.79 Å². The lowest BCUT2D eigenvalue weighted by Gasteiger charge is -2.11. The Morgan fingerprint density at radius 3 is 2.47 bits per heavy atom. The lowest BCUT2D eigenvalue weighted by atomic mass is 10.2. The molecule has 5 heteroatoms. The molecule has 1 N–H and O–H groups in total. The minimum absolute atomic E-state index is 0.0287. The Morgan fingerprint density at radius 1 is 1.11 bits per heavy atom. The van der Waals surface area contributed by atoms with Crippen molar-refractivity contribution in [2.24, 2.45) is 0 Å². The Hall–Kier alpha value is -1.71. The molecule has 0 saturated heterocycles. The summed E-state index contributed by atoms with van der Waals surface area (Å²) in [6.45, 7) is 1.90. The number of aromatic carboxylic acids is 1. The van der Waals surface area contributed by atoms with E-state index in [2.05, 4.69) is 0 Å². The van der Waals surface area contributed by atoms with E-state index in [1.54, 1.807) is 12.1 Å². The van der Waals surface area contributed by atoms with Crippen LogP contribution in [0.25, 0.3) is 0 Å². The zero-order chi connectivity index (χ0) is 14.0. The van der Waals surface area contributed by atoms with E-state index in [0.717, 1.165) is 5.56 Å². The van der Waals surface area contributed by atoms with Gasteiger partial charge >= 0.3 is 5.97 Å². The van der Waals surface area contributed by atoms with E-state index in [4.69, 9.17) is 33.0 Å². The van der Waals surface area contributed by atoms with E-state index in [0.29, 0.717) is 15.8 Å². The highest BCUT2D eigenvalue weighted by molar-refractivity contribution is 6.32. The first-order valence-corrected chi connectivity index (χ1v) is 6.20. The smallest absolute Gasteiger partial charge is 0.339 e. The molecule has 2 rings (SSSR count). The summed E-state index contributed by atoms with van der Waals surface area (Å²) in [6.07, 6.45) is 0. The van der Waals surface area contributed by atoms with Crippen LogP contribution in [0.4, 0.5) is 0 Å². The maximum Gasteiger partial charge on any atom is 0.339 e. The molecular formula is C14H10Cl2O3. The number of rotatable bonds is 3. The van der Waals surface area contributed by atoms with Gasteiger partial charge in [-0.05, 0) is 36.8 Å². The summed E-state index contributed by atoms with van der Waals surface area (Å²) in [4.78, 5) is 11.1. The van der Waals surface area contributed by atoms with Crippen molar-refractivity contribution < 1.29 is 14.6 Å². The number of halogens is 2. The van der Waals surface area contributed by atoms with Gasteiger partial charge in [-0.3, -0.25) is 0 Å². The number of carbonyl (C=O) groups is 1. The molecule has 0 atom stereocenters. The molecule has 0 bridgehead atoms. The molecule has 0 aliphatic rings. The van der Waals surface area contributed by atoms with Gasteiger partial charge < -0.3 is 9.84 Å². The molecule has 0 heterocycles. The molecule has 0 fully saturated rings. The third-order valence-corrected chi connectivity index (χ3v) is 3.01. The Bertz CT molecular complexity index is 639. The largest absolute Gasteiger partial charge is 0.478 e. The lowest BCUT2D eigenvalue weighted by molar-refractivity contribution is 0.0694. The molecule has 0 radical (unpaired) electrons. The zero-order valence-electron chi connectivity index (χ0n) is 9.98. The Labute approximate surface area is 120 Å². The predicted octanol–water partition coefficient (Wildman–Crippen LogP) is 4.79. The topological polar surface area (TPSA) is 46.5 Å². The number of hydrogen-bond acceptors (Lipinski definition) is 2. The third kappa shape index (κ3) is 3.19. The normalized spacial score (nSPS) is 10.3. The van der Waals surface area contributed by atoms with Gasteiger partial charge in [-0.2, -0.15) is 0 Å². The fourth-order valence-corrected chi connectivity index (χ4v) is 2.00. The van der Waals surface area contributed by atoms with Crippen LogP contribution in [0.5, 0.6) is 11.5 Å². The second kappa shape index (κ2) is 5.51. The Morgan fingerprint density at radius 2 is 1.84 bits per heavy atom. The summed E-state index contributed by atoms with van der Waals surface area (Å²) >= 11 is 11.9. The van der Waals surface area contributed by atoms with Gasteiger partial charge in [0.25, 0.3) is 0 Å². The minimum atomic E-state index is -1.09. The predicted molar refractivity (Wildman–Crippen MR) is 74.7 cm³/mol. The first-order valence-electron chi connectivity index (χ1n) is 5.44. The average molecular weight is 297 g/mol. The molecule has 0 aliphatic carbocycles. The van der Waals surface area contributed by atoms with E-state index < -0.39 is 5.97 Å². The van der Waals surface area contributed by atoms with Gasteiger partial charge in [0.1, 0.15) is 17.1 Å². The van der Waals surface area contributed by atoms with E-state index in [1.165, 1.54) is 18.2 Å². The van der Waals surface area contributed by atoms with Crippen molar-refractivity contribution in [3.8, 4) is 11.5 Å². The van der Waals surface area contributed by atoms with Gasteiger partial charge in [0.15, 0.2) is 0 Å². The van der Waals surface area contributed by atoms with Gasteiger partial charge in [0, 0.05) is 11.1 Å². The molecule has 0 spiro atoms. The molecule has 2 aromatic carbocycles. The second-order valence-corrected chi connectivity index (χ2v) is 4.83. The number of carboxylic acid groups (broad SMARTS) is 1. The average Bonchev–Trinajstić information content (AvgIpc) is 2.32. The second-order valence-electron chi connectivity index (χ2n) is 3.98. The summed E-state index contributed by atoms with van der Waals surface area (Å²) in [7, 11) is 0. The maximum atomic E-state index is 11.1. The van der Waals surface area contributed by atoms with Crippen LogP contribution in [0.2, 0.25) is 10.0 Å². The Kier molecular flexibility index (Phi) is 3.98. The van der Waals surface area contributed by atoms with Crippen LogP contribution in [0.15, 0.2) is 36.4 Å². The van der Waals surface area contributed by atoms with Gasteiger partial charge in [-0.15, -0.1) is 0 Å². The standard InChI is InChI=1S/C14H10Cl2O3/c1-8-2-5-12(11(16)6-8)19-13-7-9(15)3-4-10(13)14(17)18/h2-7H,1H3,(H,17,18). The van der Waals surface area contributed by atoms with Crippen molar-refractivity contribution in [3.63, 3.8) is 0 Å². The number of aryl methyl sites for hydroxylation is 1. The first-order chi connectivity index (χ1) is 8.97. The maximum absolute atomic E-state index is 11.1. The highest BCUT2D eigenvalue weighted by Gasteiger charge is 2.14. The first kappa shape index (κ1) is 13.7. The fourth-order valence-electron chi connectivity index (χ4n) is 1.56. The van der Waals surface area contributed by atoms with Crippen LogP contribution in [0.3, 0.4) is 0 Å². The highest BCUT2D eigenvalue weighted by Crippen LogP contribution is 2.33. The summed E-state index contributed by atoms with van der Waals surface area (Å²) in [5, 5.41) is 9.90. The number of carboxylic acids is 1.